The van der Waals surface area contributed by atoms with Crippen LogP contribution >= 0.6 is 22.9 Å². The lowest BCUT2D eigenvalue weighted by Crippen LogP contribution is -2.29. The highest BCUT2D eigenvalue weighted by Gasteiger charge is 2.30. The van der Waals surface area contributed by atoms with E-state index in [1.165, 1.54) is 25.2 Å². The molecule has 0 radical (unpaired) electrons. The molecule has 0 fully saturated rings. The average Bonchev–Trinajstić information content (AvgIpc) is 2.68. The van der Waals surface area contributed by atoms with E-state index in [4.69, 9.17) is 16.7 Å². The Kier molecular flexibility index (Phi) is 3.96. The molecule has 2 rings (SSSR count). The second-order valence-electron chi connectivity index (χ2n) is 5.05. The van der Waals surface area contributed by atoms with Crippen LogP contribution in [0.2, 0.25) is 5.02 Å². The minimum absolute atomic E-state index is 0.112. The SMILES string of the molecule is CC(C)(CC(=O)Nc1nc2ccc(Cl)cc2s1)C(=O)O. The highest BCUT2D eigenvalue weighted by molar-refractivity contribution is 7.22. The molecule has 0 bridgehead atoms. The topological polar surface area (TPSA) is 79.3 Å². The summed E-state index contributed by atoms with van der Waals surface area (Å²) < 4.78 is 0.866. The van der Waals surface area contributed by atoms with E-state index in [-0.39, 0.29) is 12.3 Å². The molecule has 7 heteroatoms. The van der Waals surface area contributed by atoms with E-state index in [0.717, 1.165) is 10.2 Å². The third-order valence-electron chi connectivity index (χ3n) is 2.78. The fourth-order valence-corrected chi connectivity index (χ4v) is 2.75. The molecule has 5 nitrogen and oxygen atoms in total. The Labute approximate surface area is 124 Å². The number of fused-ring (bicyclic) bond motifs is 1. The Bertz CT molecular complexity index is 681. The highest BCUT2D eigenvalue weighted by Crippen LogP contribution is 2.29. The Morgan fingerprint density at radius 1 is 1.45 bits per heavy atom. The summed E-state index contributed by atoms with van der Waals surface area (Å²) in [5, 5.41) is 12.7. The quantitative estimate of drug-likeness (QED) is 0.907. The van der Waals surface area contributed by atoms with E-state index in [1.807, 2.05) is 0 Å². The van der Waals surface area contributed by atoms with Crippen LogP contribution < -0.4 is 5.32 Å². The summed E-state index contributed by atoms with van der Waals surface area (Å²) in [6.07, 6.45) is -0.112. The van der Waals surface area contributed by atoms with Gasteiger partial charge in [-0.25, -0.2) is 4.98 Å². The maximum absolute atomic E-state index is 11.8. The number of amides is 1. The van der Waals surface area contributed by atoms with Gasteiger partial charge in [0.15, 0.2) is 5.13 Å². The van der Waals surface area contributed by atoms with Crippen LogP contribution in [0.25, 0.3) is 10.2 Å². The molecular formula is C13H13ClN2O3S. The zero-order valence-corrected chi connectivity index (χ0v) is 12.5. The fraction of sp³-hybridized carbons (Fsp3) is 0.308. The third-order valence-corrected chi connectivity index (χ3v) is 3.95. The van der Waals surface area contributed by atoms with Crippen molar-refractivity contribution in [2.24, 2.45) is 5.41 Å². The van der Waals surface area contributed by atoms with Crippen molar-refractivity contribution in [3.05, 3.63) is 23.2 Å². The van der Waals surface area contributed by atoms with Gasteiger partial charge < -0.3 is 10.4 Å². The maximum atomic E-state index is 11.8. The second kappa shape index (κ2) is 5.38. The maximum Gasteiger partial charge on any atom is 0.309 e. The second-order valence-corrected chi connectivity index (χ2v) is 6.51. The summed E-state index contributed by atoms with van der Waals surface area (Å²) in [6.45, 7) is 3.01. The number of aromatic nitrogens is 1. The van der Waals surface area contributed by atoms with Crippen LogP contribution in [-0.2, 0) is 9.59 Å². The molecule has 0 unspecified atom stereocenters. The predicted molar refractivity (Wildman–Crippen MR) is 79.3 cm³/mol. The fourth-order valence-electron chi connectivity index (χ4n) is 1.59. The zero-order valence-electron chi connectivity index (χ0n) is 10.9. The van der Waals surface area contributed by atoms with E-state index in [0.29, 0.717) is 10.2 Å². The number of thiazole rings is 1. The monoisotopic (exact) mass is 312 g/mol. The number of rotatable bonds is 4. The standard InChI is InChI=1S/C13H13ClN2O3S/c1-13(2,11(18)19)6-10(17)16-12-15-8-4-3-7(14)5-9(8)20-12/h3-5H,6H2,1-2H3,(H,18,19)(H,15,16,17). The first-order valence-corrected chi connectivity index (χ1v) is 7.07. The molecule has 1 aromatic heterocycles. The molecule has 1 heterocycles. The summed E-state index contributed by atoms with van der Waals surface area (Å²) in [7, 11) is 0. The minimum Gasteiger partial charge on any atom is -0.481 e. The van der Waals surface area contributed by atoms with Crippen molar-refractivity contribution < 1.29 is 14.7 Å². The lowest BCUT2D eigenvalue weighted by molar-refractivity contribution is -0.148. The van der Waals surface area contributed by atoms with Crippen LogP contribution in [0.4, 0.5) is 5.13 Å². The molecule has 2 N–H and O–H groups in total. The predicted octanol–water partition coefficient (Wildman–Crippen LogP) is 3.39. The molecule has 0 aliphatic carbocycles. The van der Waals surface area contributed by atoms with E-state index >= 15 is 0 Å². The number of nitrogens with zero attached hydrogens (tertiary/aromatic N) is 1. The Morgan fingerprint density at radius 2 is 2.15 bits per heavy atom. The van der Waals surface area contributed by atoms with Crippen molar-refractivity contribution in [1.29, 1.82) is 0 Å². The van der Waals surface area contributed by atoms with Crippen LogP contribution in [0, 0.1) is 5.41 Å². The summed E-state index contributed by atoms with van der Waals surface area (Å²) in [5.74, 6) is -1.38. The van der Waals surface area contributed by atoms with Crippen molar-refractivity contribution in [1.82, 2.24) is 4.98 Å². The van der Waals surface area contributed by atoms with Gasteiger partial charge in [0.05, 0.1) is 15.6 Å². The van der Waals surface area contributed by atoms with Gasteiger partial charge in [0, 0.05) is 11.4 Å². The number of halogens is 1. The van der Waals surface area contributed by atoms with Gasteiger partial charge >= 0.3 is 5.97 Å². The summed E-state index contributed by atoms with van der Waals surface area (Å²) in [4.78, 5) is 27.1. The third kappa shape index (κ3) is 3.26. The van der Waals surface area contributed by atoms with Crippen molar-refractivity contribution in [3.63, 3.8) is 0 Å². The number of nitrogens with one attached hydrogen (secondary N) is 1. The van der Waals surface area contributed by atoms with E-state index in [2.05, 4.69) is 10.3 Å². The minimum atomic E-state index is -1.11. The normalized spacial score (nSPS) is 11.6. The molecular weight excluding hydrogens is 300 g/mol. The number of carbonyl (C=O) groups is 2. The summed E-state index contributed by atoms with van der Waals surface area (Å²) in [6, 6.07) is 5.26. The zero-order chi connectivity index (χ0) is 14.9. The van der Waals surface area contributed by atoms with Gasteiger partial charge in [-0.1, -0.05) is 22.9 Å². The molecule has 0 spiro atoms. The molecule has 0 saturated heterocycles. The number of carbonyl (C=O) groups excluding carboxylic acids is 1. The Hall–Kier alpha value is -1.66. The molecule has 0 aliphatic heterocycles. The van der Waals surface area contributed by atoms with Gasteiger partial charge in [-0.05, 0) is 32.0 Å². The Morgan fingerprint density at radius 3 is 2.80 bits per heavy atom. The summed E-state index contributed by atoms with van der Waals surface area (Å²) >= 11 is 7.18. The van der Waals surface area contributed by atoms with Gasteiger partial charge in [0.25, 0.3) is 0 Å². The number of hydrogen-bond donors (Lipinski definition) is 2. The average molecular weight is 313 g/mol. The molecule has 106 valence electrons. The number of anilines is 1. The van der Waals surface area contributed by atoms with Crippen molar-refractivity contribution >= 4 is 50.2 Å². The van der Waals surface area contributed by atoms with Gasteiger partial charge in [0.1, 0.15) is 0 Å². The van der Waals surface area contributed by atoms with E-state index in [1.54, 1.807) is 18.2 Å². The lowest BCUT2D eigenvalue weighted by atomic mass is 9.89. The number of aliphatic carboxylic acids is 1. The van der Waals surface area contributed by atoms with E-state index < -0.39 is 11.4 Å². The van der Waals surface area contributed by atoms with Gasteiger partial charge in [0.2, 0.25) is 5.91 Å². The Balaban J connectivity index is 2.12. The van der Waals surface area contributed by atoms with Gasteiger partial charge in [-0.2, -0.15) is 0 Å². The van der Waals surface area contributed by atoms with Crippen LogP contribution in [0.1, 0.15) is 20.3 Å². The van der Waals surface area contributed by atoms with Crippen LogP contribution in [0.5, 0.6) is 0 Å². The van der Waals surface area contributed by atoms with Gasteiger partial charge in [-0.15, -0.1) is 0 Å². The van der Waals surface area contributed by atoms with Crippen molar-refractivity contribution in [2.45, 2.75) is 20.3 Å². The van der Waals surface area contributed by atoms with E-state index in [9.17, 15) is 9.59 Å². The van der Waals surface area contributed by atoms with Crippen molar-refractivity contribution in [3.8, 4) is 0 Å². The first-order valence-electron chi connectivity index (χ1n) is 5.87. The first kappa shape index (κ1) is 14.7. The molecule has 1 amide bonds. The lowest BCUT2D eigenvalue weighted by Gasteiger charge is -2.17. The summed E-state index contributed by atoms with van der Waals surface area (Å²) in [5.41, 5.74) is -0.364. The number of hydrogen-bond acceptors (Lipinski definition) is 4. The number of carboxylic acid groups (broad SMARTS) is 1. The van der Waals surface area contributed by atoms with Crippen LogP contribution in [-0.4, -0.2) is 22.0 Å². The molecule has 0 atom stereocenters. The first-order chi connectivity index (χ1) is 9.28. The number of benzene rings is 1. The van der Waals surface area contributed by atoms with Crippen LogP contribution in [0.15, 0.2) is 18.2 Å². The smallest absolute Gasteiger partial charge is 0.309 e. The van der Waals surface area contributed by atoms with Gasteiger partial charge in [-0.3, -0.25) is 9.59 Å². The van der Waals surface area contributed by atoms with Crippen LogP contribution in [0.3, 0.4) is 0 Å². The molecule has 1 aromatic carbocycles. The largest absolute Gasteiger partial charge is 0.481 e. The number of carboxylic acids is 1. The highest BCUT2D eigenvalue weighted by atomic mass is 35.5. The molecule has 0 saturated carbocycles. The molecule has 20 heavy (non-hydrogen) atoms. The van der Waals surface area contributed by atoms with Crippen molar-refractivity contribution in [2.75, 3.05) is 5.32 Å². The molecule has 0 aliphatic rings. The molecule has 2 aromatic rings.